The number of rotatable bonds is 6. The number of carbonyl (C=O) groups is 2. The topological polar surface area (TPSA) is 88.7 Å². The lowest BCUT2D eigenvalue weighted by molar-refractivity contribution is -0.122. The van der Waals surface area contributed by atoms with Crippen LogP contribution in [0.3, 0.4) is 0 Å². The highest BCUT2D eigenvalue weighted by Crippen LogP contribution is 2.54. The fraction of sp³-hybridized carbons (Fsp3) is 0.179. The van der Waals surface area contributed by atoms with E-state index in [4.69, 9.17) is 21.1 Å². The van der Waals surface area contributed by atoms with Gasteiger partial charge in [-0.2, -0.15) is 0 Å². The van der Waals surface area contributed by atoms with Crippen molar-refractivity contribution in [1.82, 2.24) is 4.98 Å². The number of thiazole rings is 1. The van der Waals surface area contributed by atoms with Gasteiger partial charge in [0.2, 0.25) is 11.8 Å². The lowest BCUT2D eigenvalue weighted by Crippen LogP contribution is -2.32. The Morgan fingerprint density at radius 3 is 2.53 bits per heavy atom. The van der Waals surface area contributed by atoms with Crippen molar-refractivity contribution < 1.29 is 19.1 Å². The van der Waals surface area contributed by atoms with Crippen LogP contribution in [0.1, 0.15) is 21.9 Å². The van der Waals surface area contributed by atoms with Gasteiger partial charge in [0.1, 0.15) is 23.4 Å². The lowest BCUT2D eigenvalue weighted by Gasteiger charge is -2.30. The van der Waals surface area contributed by atoms with Crippen LogP contribution in [0.15, 0.2) is 82.6 Å². The third kappa shape index (κ3) is 4.30. The number of halogens is 1. The van der Waals surface area contributed by atoms with Gasteiger partial charge in [-0.25, -0.2) is 4.90 Å². The van der Waals surface area contributed by atoms with Crippen LogP contribution in [0.2, 0.25) is 5.02 Å². The molecule has 2 aliphatic rings. The maximum Gasteiger partial charge on any atom is 0.305 e. The van der Waals surface area contributed by atoms with Crippen LogP contribution in [-0.4, -0.2) is 29.2 Å². The molecule has 38 heavy (non-hydrogen) atoms. The molecule has 3 heterocycles. The zero-order chi connectivity index (χ0) is 26.4. The van der Waals surface area contributed by atoms with Crippen molar-refractivity contribution in [2.75, 3.05) is 12.0 Å². The molecule has 2 aliphatic heterocycles. The summed E-state index contributed by atoms with van der Waals surface area (Å²) in [5.41, 5.74) is 2.13. The highest BCUT2D eigenvalue weighted by molar-refractivity contribution is 8.00. The molecule has 1 saturated heterocycles. The number of nitrogens with zero attached hydrogens (tertiary/aromatic N) is 1. The summed E-state index contributed by atoms with van der Waals surface area (Å²) in [6, 6.07) is 21.7. The SMILES string of the molecule is COc1ccc(N2C(=O)C3Sc4[nH]c(=O)sc4[C@H](c4ccccc4OCc4cccc(Cl)c4)C3C2=O)cc1. The van der Waals surface area contributed by atoms with Gasteiger partial charge in [0.15, 0.2) is 0 Å². The molecule has 192 valence electrons. The highest BCUT2D eigenvalue weighted by Gasteiger charge is 2.56. The zero-order valence-corrected chi connectivity index (χ0v) is 22.4. The van der Waals surface area contributed by atoms with Gasteiger partial charge >= 0.3 is 4.87 Å². The number of amides is 2. The number of hydrogen-bond acceptors (Lipinski definition) is 7. The molecular formula is C28H21ClN2O5S2. The van der Waals surface area contributed by atoms with E-state index in [1.165, 1.54) is 16.7 Å². The number of anilines is 1. The van der Waals surface area contributed by atoms with Gasteiger partial charge in [-0.05, 0) is 48.0 Å². The van der Waals surface area contributed by atoms with Crippen molar-refractivity contribution in [3.63, 3.8) is 0 Å². The van der Waals surface area contributed by atoms with Gasteiger partial charge < -0.3 is 14.5 Å². The first-order chi connectivity index (χ1) is 18.4. The van der Waals surface area contributed by atoms with Crippen molar-refractivity contribution in [3.05, 3.63) is 103 Å². The first-order valence-electron chi connectivity index (χ1n) is 11.8. The molecule has 1 aromatic heterocycles. The third-order valence-corrected chi connectivity index (χ3v) is 9.33. The lowest BCUT2D eigenvalue weighted by atomic mass is 9.82. The number of methoxy groups -OCH3 is 1. The van der Waals surface area contributed by atoms with Crippen molar-refractivity contribution >= 4 is 52.2 Å². The van der Waals surface area contributed by atoms with E-state index in [1.54, 1.807) is 37.4 Å². The molecule has 3 atom stereocenters. The number of carbonyl (C=O) groups excluding carboxylic acids is 2. The zero-order valence-electron chi connectivity index (χ0n) is 20.1. The number of hydrogen-bond donors (Lipinski definition) is 1. The highest BCUT2D eigenvalue weighted by atomic mass is 35.5. The summed E-state index contributed by atoms with van der Waals surface area (Å²) in [4.78, 5) is 44.6. The molecule has 0 spiro atoms. The molecule has 0 radical (unpaired) electrons. The van der Waals surface area contributed by atoms with Gasteiger partial charge in [0.05, 0.1) is 23.7 Å². The molecule has 4 aromatic rings. The Hall–Kier alpha value is -3.53. The van der Waals surface area contributed by atoms with Crippen LogP contribution in [0.4, 0.5) is 5.69 Å². The van der Waals surface area contributed by atoms with E-state index in [-0.39, 0.29) is 23.3 Å². The average Bonchev–Trinajstić information content (AvgIpc) is 3.42. The summed E-state index contributed by atoms with van der Waals surface area (Å²) >= 11 is 8.45. The second-order valence-corrected chi connectivity index (χ2v) is 11.5. The molecule has 3 aromatic carbocycles. The molecule has 6 rings (SSSR count). The number of thioether (sulfide) groups is 1. The normalized spacial score (nSPS) is 20.3. The molecule has 2 unspecified atom stereocenters. The van der Waals surface area contributed by atoms with Crippen LogP contribution < -0.4 is 19.2 Å². The van der Waals surface area contributed by atoms with Gasteiger partial charge in [-0.1, -0.05) is 65.0 Å². The van der Waals surface area contributed by atoms with Crippen molar-refractivity contribution in [2.24, 2.45) is 5.92 Å². The Morgan fingerprint density at radius 2 is 1.76 bits per heavy atom. The second kappa shape index (κ2) is 9.98. The summed E-state index contributed by atoms with van der Waals surface area (Å²) in [7, 11) is 1.56. The maximum absolute atomic E-state index is 14.0. The van der Waals surface area contributed by atoms with E-state index >= 15 is 0 Å². The number of para-hydroxylation sites is 1. The van der Waals surface area contributed by atoms with Gasteiger partial charge in [0, 0.05) is 21.4 Å². The van der Waals surface area contributed by atoms with Crippen molar-refractivity contribution in [2.45, 2.75) is 22.8 Å². The van der Waals surface area contributed by atoms with Crippen LogP contribution >= 0.6 is 34.7 Å². The van der Waals surface area contributed by atoms with E-state index in [0.717, 1.165) is 27.3 Å². The third-order valence-electron chi connectivity index (χ3n) is 6.69. The molecule has 7 nitrogen and oxygen atoms in total. The monoisotopic (exact) mass is 564 g/mol. The number of fused-ring (bicyclic) bond motifs is 2. The smallest absolute Gasteiger partial charge is 0.305 e. The van der Waals surface area contributed by atoms with Crippen LogP contribution in [0.25, 0.3) is 0 Å². The Labute approximate surface area is 231 Å². The molecule has 0 aliphatic carbocycles. The van der Waals surface area contributed by atoms with E-state index in [1.807, 2.05) is 42.5 Å². The quantitative estimate of drug-likeness (QED) is 0.312. The van der Waals surface area contributed by atoms with E-state index in [2.05, 4.69) is 4.98 Å². The molecular weight excluding hydrogens is 544 g/mol. The summed E-state index contributed by atoms with van der Waals surface area (Å²) in [5, 5.41) is 0.545. The minimum Gasteiger partial charge on any atom is -0.497 e. The summed E-state index contributed by atoms with van der Waals surface area (Å²) in [6.45, 7) is 0.272. The van der Waals surface area contributed by atoms with E-state index in [9.17, 15) is 14.4 Å². The fourth-order valence-electron chi connectivity index (χ4n) is 4.99. The van der Waals surface area contributed by atoms with Gasteiger partial charge in [-0.3, -0.25) is 14.4 Å². The summed E-state index contributed by atoms with van der Waals surface area (Å²) < 4.78 is 11.5. The van der Waals surface area contributed by atoms with Gasteiger partial charge in [0.25, 0.3) is 0 Å². The minimum atomic E-state index is -0.704. The number of benzene rings is 3. The Balaban J connectivity index is 1.41. The second-order valence-electron chi connectivity index (χ2n) is 8.92. The number of ether oxygens (including phenoxy) is 2. The molecule has 1 fully saturated rings. The predicted octanol–water partition coefficient (Wildman–Crippen LogP) is 5.47. The van der Waals surface area contributed by atoms with Gasteiger partial charge in [-0.15, -0.1) is 0 Å². The standard InChI is InChI=1S/C28H21ClN2O5S2/c1-35-18-11-9-17(10-12-18)31-26(32)22-21(23-25(30-28(34)38-23)37-24(22)27(31)33)19-7-2-3-8-20(19)36-14-15-5-4-6-16(29)13-15/h2-13,21-22,24H,14H2,1H3,(H,30,34)/t21-,22?,24?/m1/s1. The van der Waals surface area contributed by atoms with Crippen molar-refractivity contribution in [3.8, 4) is 11.5 Å². The fourth-order valence-corrected chi connectivity index (χ4v) is 7.71. The molecule has 2 amide bonds. The minimum absolute atomic E-state index is 0.225. The van der Waals surface area contributed by atoms with E-state index < -0.39 is 17.1 Å². The van der Waals surface area contributed by atoms with E-state index in [0.29, 0.717) is 27.2 Å². The summed E-state index contributed by atoms with van der Waals surface area (Å²) in [5.74, 6) is -0.643. The van der Waals surface area contributed by atoms with Crippen LogP contribution in [0.5, 0.6) is 11.5 Å². The van der Waals surface area contributed by atoms with Crippen molar-refractivity contribution in [1.29, 1.82) is 0 Å². The maximum atomic E-state index is 14.0. The number of imide groups is 1. The molecule has 10 heteroatoms. The number of aromatic amines is 1. The Kier molecular flexibility index (Phi) is 6.51. The first-order valence-corrected chi connectivity index (χ1v) is 13.9. The first kappa shape index (κ1) is 24.8. The predicted molar refractivity (Wildman–Crippen MR) is 148 cm³/mol. The summed E-state index contributed by atoms with van der Waals surface area (Å²) in [6.07, 6.45) is 0. The largest absolute Gasteiger partial charge is 0.497 e. The molecule has 0 bridgehead atoms. The number of H-pyrrole nitrogens is 1. The molecule has 1 N–H and O–H groups in total. The van der Waals surface area contributed by atoms with Crippen LogP contribution in [-0.2, 0) is 16.2 Å². The number of aromatic nitrogens is 1. The number of nitrogens with one attached hydrogen (secondary N) is 1. The Bertz CT molecular complexity index is 1600. The average molecular weight is 565 g/mol. The molecule has 0 saturated carbocycles. The van der Waals surface area contributed by atoms with Crippen LogP contribution in [0, 0.1) is 5.92 Å². The Morgan fingerprint density at radius 1 is 0.974 bits per heavy atom.